The number of ether oxygens (including phenoxy) is 1. The molecule has 0 aliphatic heterocycles. The highest BCUT2D eigenvalue weighted by molar-refractivity contribution is 7.26. The molecule has 0 amide bonds. The number of rotatable bonds is 6. The van der Waals surface area contributed by atoms with E-state index in [4.69, 9.17) is 9.72 Å². The van der Waals surface area contributed by atoms with Crippen LogP contribution >= 0.6 is 11.3 Å². The number of ketones is 1. The highest BCUT2D eigenvalue weighted by Crippen LogP contribution is 2.43. The van der Waals surface area contributed by atoms with Crippen LogP contribution in [-0.2, 0) is 22.6 Å². The van der Waals surface area contributed by atoms with Crippen LogP contribution in [0.5, 0.6) is 0 Å². The summed E-state index contributed by atoms with van der Waals surface area (Å²) in [5.41, 5.74) is 6.71. The molecule has 0 fully saturated rings. The third-order valence-corrected chi connectivity index (χ3v) is 5.87. The second kappa shape index (κ2) is 7.25. The van der Waals surface area contributed by atoms with Crippen molar-refractivity contribution in [2.45, 2.75) is 33.3 Å². The summed E-state index contributed by atoms with van der Waals surface area (Å²) in [7, 11) is 1.72. The predicted octanol–water partition coefficient (Wildman–Crippen LogP) is 5.42. The van der Waals surface area contributed by atoms with E-state index in [0.29, 0.717) is 19.4 Å². The van der Waals surface area contributed by atoms with Gasteiger partial charge in [0.05, 0.1) is 16.8 Å². The van der Waals surface area contributed by atoms with Gasteiger partial charge >= 0.3 is 0 Å². The van der Waals surface area contributed by atoms with Gasteiger partial charge in [-0.15, -0.1) is 11.3 Å². The predicted molar refractivity (Wildman–Crippen MR) is 111 cm³/mol. The van der Waals surface area contributed by atoms with Crippen LogP contribution in [0.4, 0.5) is 0 Å². The first-order valence-corrected chi connectivity index (χ1v) is 9.87. The summed E-state index contributed by atoms with van der Waals surface area (Å²) in [4.78, 5) is 21.0. The molecule has 0 aliphatic carbocycles. The molecule has 0 saturated carbocycles. The molecule has 4 aromatic rings. The largest absolute Gasteiger partial charge is 0.380 e. The minimum absolute atomic E-state index is 0.203. The Kier molecular flexibility index (Phi) is 4.81. The number of H-pyrrole nitrogens is 1. The molecule has 0 unspecified atom stereocenters. The Balaban J connectivity index is 2.01. The highest BCUT2D eigenvalue weighted by Gasteiger charge is 2.20. The Hall–Kier alpha value is -2.50. The van der Waals surface area contributed by atoms with E-state index in [2.05, 4.69) is 35.3 Å². The number of benzene rings is 1. The molecule has 0 spiro atoms. The van der Waals surface area contributed by atoms with E-state index in [1.807, 2.05) is 13.0 Å². The first-order valence-electron chi connectivity index (χ1n) is 9.06. The number of carbonyl (C=O) groups is 1. The van der Waals surface area contributed by atoms with Crippen molar-refractivity contribution in [3.8, 4) is 11.1 Å². The van der Waals surface area contributed by atoms with E-state index >= 15 is 0 Å². The van der Waals surface area contributed by atoms with E-state index in [1.165, 1.54) is 15.8 Å². The van der Waals surface area contributed by atoms with Crippen LogP contribution in [0, 0.1) is 6.92 Å². The average Bonchev–Trinajstić information content (AvgIpc) is 3.15. The number of nitrogens with zero attached hydrogens (tertiary/aromatic N) is 1. The van der Waals surface area contributed by atoms with Gasteiger partial charge in [0, 0.05) is 35.9 Å². The quantitative estimate of drug-likeness (QED) is 0.487. The van der Waals surface area contributed by atoms with Gasteiger partial charge in [-0.25, -0.2) is 4.98 Å². The first-order chi connectivity index (χ1) is 13.1. The van der Waals surface area contributed by atoms with E-state index in [1.54, 1.807) is 25.4 Å². The van der Waals surface area contributed by atoms with E-state index in [0.717, 1.165) is 32.7 Å². The molecule has 5 heteroatoms. The zero-order chi connectivity index (χ0) is 19.0. The molecular weight excluding hydrogens is 356 g/mol. The zero-order valence-electron chi connectivity index (χ0n) is 15.8. The van der Waals surface area contributed by atoms with E-state index < -0.39 is 0 Å². The van der Waals surface area contributed by atoms with E-state index in [9.17, 15) is 4.79 Å². The maximum absolute atomic E-state index is 11.6. The van der Waals surface area contributed by atoms with Crippen LogP contribution in [0.15, 0.2) is 36.4 Å². The fraction of sp³-hybridized carbons (Fsp3) is 0.273. The Bertz CT molecular complexity index is 1130. The Labute approximate surface area is 162 Å². The molecule has 0 bridgehead atoms. The maximum Gasteiger partial charge on any atom is 0.130 e. The van der Waals surface area contributed by atoms with Gasteiger partial charge in [-0.05, 0) is 37.5 Å². The normalized spacial score (nSPS) is 11.5. The van der Waals surface area contributed by atoms with Crippen molar-refractivity contribution in [3.05, 3.63) is 53.3 Å². The monoisotopic (exact) mass is 378 g/mol. The lowest BCUT2D eigenvalue weighted by atomic mass is 10.0. The first kappa shape index (κ1) is 17.9. The summed E-state index contributed by atoms with van der Waals surface area (Å²) in [5.74, 6) is 0.203. The maximum atomic E-state index is 11.6. The number of hydrogen-bond acceptors (Lipinski definition) is 4. The second-order valence-electron chi connectivity index (χ2n) is 6.89. The Morgan fingerprint density at radius 2 is 2.04 bits per heavy atom. The number of thiophene rings is 1. The molecular formula is C22H22N2O2S. The standard InChI is InChI=1S/C22H22N2O2S/c1-13-11-16(12-26-3)19-20-21(27-22(19)23-13)18(15-7-5-4-6-8-15)17(24-20)10-9-14(2)25/h4-8,11,24H,9-10,12H2,1-3H3. The fourth-order valence-corrected chi connectivity index (χ4v) is 4.94. The number of nitrogens with one attached hydrogen (secondary N) is 1. The van der Waals surface area contributed by atoms with Gasteiger partial charge in [0.25, 0.3) is 0 Å². The fourth-order valence-electron chi connectivity index (χ4n) is 3.63. The van der Waals surface area contributed by atoms with Crippen LogP contribution < -0.4 is 0 Å². The number of aryl methyl sites for hydroxylation is 2. The third kappa shape index (κ3) is 3.29. The van der Waals surface area contributed by atoms with Crippen LogP contribution in [0.2, 0.25) is 0 Å². The van der Waals surface area contributed by atoms with Gasteiger partial charge in [-0.2, -0.15) is 0 Å². The van der Waals surface area contributed by atoms with Crippen molar-refractivity contribution in [2.24, 2.45) is 0 Å². The molecule has 3 heterocycles. The second-order valence-corrected chi connectivity index (χ2v) is 7.89. The molecule has 0 saturated heterocycles. The van der Waals surface area contributed by atoms with Gasteiger partial charge in [0.15, 0.2) is 0 Å². The number of hydrogen-bond donors (Lipinski definition) is 1. The number of fused-ring (bicyclic) bond motifs is 3. The van der Waals surface area contributed by atoms with Crippen LogP contribution in [0.1, 0.15) is 30.3 Å². The van der Waals surface area contributed by atoms with Gasteiger partial charge in [-0.1, -0.05) is 30.3 Å². The molecule has 1 N–H and O–H groups in total. The van der Waals surface area contributed by atoms with Crippen molar-refractivity contribution >= 4 is 37.6 Å². The molecule has 4 nitrogen and oxygen atoms in total. The summed E-state index contributed by atoms with van der Waals surface area (Å²) >= 11 is 1.71. The summed E-state index contributed by atoms with van der Waals surface area (Å²) in [5, 5.41) is 1.13. The van der Waals surface area contributed by atoms with Crippen LogP contribution in [0.25, 0.3) is 31.6 Å². The van der Waals surface area contributed by atoms with Gasteiger partial charge in [-0.3, -0.25) is 0 Å². The smallest absolute Gasteiger partial charge is 0.130 e. The van der Waals surface area contributed by atoms with Crippen molar-refractivity contribution < 1.29 is 9.53 Å². The lowest BCUT2D eigenvalue weighted by Gasteiger charge is -2.05. The molecule has 0 aliphatic rings. The number of pyridine rings is 1. The Morgan fingerprint density at radius 1 is 1.26 bits per heavy atom. The van der Waals surface area contributed by atoms with Crippen molar-refractivity contribution in [3.63, 3.8) is 0 Å². The number of carbonyl (C=O) groups excluding carboxylic acids is 1. The topological polar surface area (TPSA) is 55.0 Å². The number of aromatic nitrogens is 2. The third-order valence-electron chi connectivity index (χ3n) is 4.77. The molecule has 1 aromatic carbocycles. The summed E-state index contributed by atoms with van der Waals surface area (Å²) in [6.45, 7) is 4.21. The molecule has 27 heavy (non-hydrogen) atoms. The lowest BCUT2D eigenvalue weighted by Crippen LogP contribution is -1.96. The molecule has 4 rings (SSSR count). The van der Waals surface area contributed by atoms with Gasteiger partial charge in [0.1, 0.15) is 10.6 Å². The van der Waals surface area contributed by atoms with Gasteiger partial charge < -0.3 is 14.5 Å². The highest BCUT2D eigenvalue weighted by atomic mass is 32.1. The SMILES string of the molecule is COCc1cc(C)nc2sc3c(-c4ccccc4)c(CCC(C)=O)[nH]c3c12. The number of methoxy groups -OCH3 is 1. The van der Waals surface area contributed by atoms with E-state index in [-0.39, 0.29) is 5.78 Å². The minimum Gasteiger partial charge on any atom is -0.380 e. The van der Waals surface area contributed by atoms with Crippen molar-refractivity contribution in [1.29, 1.82) is 0 Å². The summed E-state index contributed by atoms with van der Waals surface area (Å²) < 4.78 is 6.63. The number of aromatic amines is 1. The van der Waals surface area contributed by atoms with Crippen molar-refractivity contribution in [2.75, 3.05) is 7.11 Å². The number of Topliss-reactive ketones (excluding diaryl/α,β-unsaturated/α-hetero) is 1. The van der Waals surface area contributed by atoms with Crippen LogP contribution in [0.3, 0.4) is 0 Å². The van der Waals surface area contributed by atoms with Crippen LogP contribution in [-0.4, -0.2) is 22.9 Å². The van der Waals surface area contributed by atoms with Crippen molar-refractivity contribution in [1.82, 2.24) is 9.97 Å². The average molecular weight is 378 g/mol. The lowest BCUT2D eigenvalue weighted by molar-refractivity contribution is -0.116. The zero-order valence-corrected chi connectivity index (χ0v) is 16.6. The molecule has 0 radical (unpaired) electrons. The Morgan fingerprint density at radius 3 is 2.74 bits per heavy atom. The molecule has 3 aromatic heterocycles. The van der Waals surface area contributed by atoms with Gasteiger partial charge in [0.2, 0.25) is 0 Å². The minimum atomic E-state index is 0.203. The molecule has 138 valence electrons. The summed E-state index contributed by atoms with van der Waals surface area (Å²) in [6, 6.07) is 12.5. The summed E-state index contributed by atoms with van der Waals surface area (Å²) in [6.07, 6.45) is 1.25. The molecule has 0 atom stereocenters.